The van der Waals surface area contributed by atoms with E-state index in [1.165, 1.54) is 13.2 Å². The third-order valence-electron chi connectivity index (χ3n) is 4.80. The van der Waals surface area contributed by atoms with Gasteiger partial charge in [-0.2, -0.15) is 0 Å². The maximum Gasteiger partial charge on any atom is 0.335 e. The van der Waals surface area contributed by atoms with Crippen LogP contribution in [0, 0.1) is 6.92 Å². The first-order valence-electron chi connectivity index (χ1n) is 9.66. The Balaban J connectivity index is 1.95. The Kier molecular flexibility index (Phi) is 6.20. The molecule has 2 aromatic rings. The minimum Gasteiger partial charge on any atom is -0.493 e. The summed E-state index contributed by atoms with van der Waals surface area (Å²) in [7, 11) is 1.52. The lowest BCUT2D eigenvalue weighted by atomic mass is 10.1. The lowest BCUT2D eigenvalue weighted by molar-refractivity contribution is -0.122. The average molecular weight is 408 g/mol. The van der Waals surface area contributed by atoms with Crippen molar-refractivity contribution in [2.75, 3.05) is 12.0 Å². The molecule has 1 fully saturated rings. The highest BCUT2D eigenvalue weighted by atomic mass is 16.5. The van der Waals surface area contributed by atoms with Gasteiger partial charge in [0.05, 0.1) is 18.9 Å². The van der Waals surface area contributed by atoms with Gasteiger partial charge in [-0.1, -0.05) is 30.7 Å². The topological polar surface area (TPSA) is 84.9 Å². The molecular weight excluding hydrogens is 384 g/mol. The monoisotopic (exact) mass is 408 g/mol. The quantitative estimate of drug-likeness (QED) is 0.580. The molecule has 1 aliphatic heterocycles. The van der Waals surface area contributed by atoms with Crippen molar-refractivity contribution in [3.8, 4) is 11.5 Å². The lowest BCUT2D eigenvalue weighted by Crippen LogP contribution is -2.54. The van der Waals surface area contributed by atoms with E-state index in [4.69, 9.17) is 9.47 Å². The summed E-state index contributed by atoms with van der Waals surface area (Å²) in [6.07, 6.45) is 2.29. The van der Waals surface area contributed by atoms with E-state index in [1.807, 2.05) is 20.8 Å². The van der Waals surface area contributed by atoms with Gasteiger partial charge in [0, 0.05) is 0 Å². The highest BCUT2D eigenvalue weighted by Crippen LogP contribution is 2.31. The Hall–Kier alpha value is -3.61. The van der Waals surface area contributed by atoms with E-state index < -0.39 is 17.8 Å². The van der Waals surface area contributed by atoms with Gasteiger partial charge in [0.2, 0.25) is 0 Å². The zero-order valence-electron chi connectivity index (χ0n) is 17.4. The van der Waals surface area contributed by atoms with Gasteiger partial charge in [-0.3, -0.25) is 14.9 Å². The summed E-state index contributed by atoms with van der Waals surface area (Å²) in [5.41, 5.74) is 1.80. The summed E-state index contributed by atoms with van der Waals surface area (Å²) < 4.78 is 11.2. The number of carbonyl (C=O) groups excluding carboxylic acids is 3. The minimum atomic E-state index is -0.777. The Bertz CT molecular complexity index is 1010. The zero-order valence-corrected chi connectivity index (χ0v) is 17.4. The lowest BCUT2D eigenvalue weighted by Gasteiger charge is -2.26. The standard InChI is InChI=1S/C23H24N2O5/c1-5-15(3)30-19-11-8-16(13-20(19)29-4)12-18-21(26)24-23(28)25(22(18)27)17-9-6-14(2)7-10-17/h6-13,15H,5H2,1-4H3,(H,24,26,28)/b18-12-/t15-/m0/s1. The summed E-state index contributed by atoms with van der Waals surface area (Å²) in [4.78, 5) is 38.5. The highest BCUT2D eigenvalue weighted by molar-refractivity contribution is 6.39. The van der Waals surface area contributed by atoms with Crippen LogP contribution in [0.4, 0.5) is 10.5 Å². The van der Waals surface area contributed by atoms with Crippen LogP contribution < -0.4 is 19.7 Å². The summed E-state index contributed by atoms with van der Waals surface area (Å²) >= 11 is 0. The van der Waals surface area contributed by atoms with E-state index in [0.29, 0.717) is 22.7 Å². The number of nitrogens with one attached hydrogen (secondary N) is 1. The van der Waals surface area contributed by atoms with Gasteiger partial charge < -0.3 is 9.47 Å². The third kappa shape index (κ3) is 4.35. The summed E-state index contributed by atoms with van der Waals surface area (Å²) in [5.74, 6) is -0.372. The van der Waals surface area contributed by atoms with Gasteiger partial charge in [-0.25, -0.2) is 9.69 Å². The Morgan fingerprint density at radius 1 is 1.07 bits per heavy atom. The second-order valence-electron chi connectivity index (χ2n) is 7.04. The molecule has 0 unspecified atom stereocenters. The number of urea groups is 1. The average Bonchev–Trinajstić information content (AvgIpc) is 2.73. The molecule has 0 aromatic heterocycles. The molecule has 0 saturated carbocycles. The largest absolute Gasteiger partial charge is 0.493 e. The van der Waals surface area contributed by atoms with Crippen molar-refractivity contribution in [2.45, 2.75) is 33.3 Å². The molecule has 7 nitrogen and oxygen atoms in total. The zero-order chi connectivity index (χ0) is 21.8. The predicted octanol–water partition coefficient (Wildman–Crippen LogP) is 3.85. The van der Waals surface area contributed by atoms with Crippen molar-refractivity contribution >= 4 is 29.6 Å². The third-order valence-corrected chi connectivity index (χ3v) is 4.80. The molecule has 1 atom stereocenters. The Morgan fingerprint density at radius 3 is 2.40 bits per heavy atom. The van der Waals surface area contributed by atoms with Gasteiger partial charge in [-0.05, 0) is 56.2 Å². The van der Waals surface area contributed by atoms with Crippen LogP contribution in [0.1, 0.15) is 31.4 Å². The number of imide groups is 2. The molecule has 4 amide bonds. The molecule has 0 radical (unpaired) electrons. The van der Waals surface area contributed by atoms with Crippen LogP contribution >= 0.6 is 0 Å². The number of rotatable bonds is 6. The van der Waals surface area contributed by atoms with Crippen LogP contribution in [-0.4, -0.2) is 31.1 Å². The van der Waals surface area contributed by atoms with Crippen LogP contribution in [0.5, 0.6) is 11.5 Å². The smallest absolute Gasteiger partial charge is 0.335 e. The van der Waals surface area contributed by atoms with Crippen molar-refractivity contribution in [3.05, 3.63) is 59.2 Å². The van der Waals surface area contributed by atoms with Gasteiger partial charge in [0.1, 0.15) is 5.57 Å². The number of carbonyl (C=O) groups is 3. The number of methoxy groups -OCH3 is 1. The molecule has 0 aliphatic carbocycles. The predicted molar refractivity (Wildman–Crippen MR) is 114 cm³/mol. The molecule has 0 spiro atoms. The molecular formula is C23H24N2O5. The number of hydrogen-bond donors (Lipinski definition) is 1. The SMILES string of the molecule is CC[C@H](C)Oc1ccc(/C=C2/C(=O)NC(=O)N(c3ccc(C)cc3)C2=O)cc1OC. The number of ether oxygens (including phenoxy) is 2. The van der Waals surface area contributed by atoms with E-state index in [-0.39, 0.29) is 11.7 Å². The second-order valence-corrected chi connectivity index (χ2v) is 7.04. The van der Waals surface area contributed by atoms with Gasteiger partial charge >= 0.3 is 6.03 Å². The van der Waals surface area contributed by atoms with Crippen LogP contribution in [0.2, 0.25) is 0 Å². The maximum absolute atomic E-state index is 13.0. The fourth-order valence-corrected chi connectivity index (χ4v) is 2.92. The second kappa shape index (κ2) is 8.82. The van der Waals surface area contributed by atoms with Crippen LogP contribution in [0.25, 0.3) is 6.08 Å². The van der Waals surface area contributed by atoms with Crippen molar-refractivity contribution < 1.29 is 23.9 Å². The maximum atomic E-state index is 13.0. The molecule has 2 aromatic carbocycles. The van der Waals surface area contributed by atoms with Crippen LogP contribution in [-0.2, 0) is 9.59 Å². The first-order valence-corrected chi connectivity index (χ1v) is 9.66. The van der Waals surface area contributed by atoms with Crippen molar-refractivity contribution in [1.82, 2.24) is 5.32 Å². The highest BCUT2D eigenvalue weighted by Gasteiger charge is 2.36. The molecule has 156 valence electrons. The Labute approximate surface area is 175 Å². The molecule has 1 N–H and O–H groups in total. The molecule has 1 saturated heterocycles. The molecule has 7 heteroatoms. The number of nitrogens with zero attached hydrogens (tertiary/aromatic N) is 1. The molecule has 30 heavy (non-hydrogen) atoms. The molecule has 1 aliphatic rings. The van der Waals surface area contributed by atoms with E-state index >= 15 is 0 Å². The minimum absolute atomic E-state index is 0.0166. The number of hydrogen-bond acceptors (Lipinski definition) is 5. The summed E-state index contributed by atoms with van der Waals surface area (Å²) in [6, 6.07) is 11.2. The molecule has 1 heterocycles. The fraction of sp³-hybridized carbons (Fsp3) is 0.261. The van der Waals surface area contributed by atoms with Crippen molar-refractivity contribution in [2.24, 2.45) is 0 Å². The van der Waals surface area contributed by atoms with E-state index in [9.17, 15) is 14.4 Å². The van der Waals surface area contributed by atoms with Crippen molar-refractivity contribution in [3.63, 3.8) is 0 Å². The first kappa shape index (κ1) is 21.1. The van der Waals surface area contributed by atoms with Crippen molar-refractivity contribution in [1.29, 1.82) is 0 Å². The van der Waals surface area contributed by atoms with Crippen LogP contribution in [0.3, 0.4) is 0 Å². The summed E-state index contributed by atoms with van der Waals surface area (Å²) in [5, 5.41) is 2.22. The first-order chi connectivity index (χ1) is 14.3. The van der Waals surface area contributed by atoms with E-state index in [0.717, 1.165) is 16.9 Å². The number of benzene rings is 2. The molecule has 3 rings (SSSR count). The molecule has 0 bridgehead atoms. The fourth-order valence-electron chi connectivity index (χ4n) is 2.92. The van der Waals surface area contributed by atoms with Gasteiger partial charge in [0.15, 0.2) is 11.5 Å². The number of aryl methyl sites for hydroxylation is 1. The normalized spacial score (nSPS) is 16.5. The number of barbiturate groups is 1. The van der Waals surface area contributed by atoms with Gasteiger partial charge in [0.25, 0.3) is 11.8 Å². The van der Waals surface area contributed by atoms with Crippen LogP contribution in [0.15, 0.2) is 48.0 Å². The Morgan fingerprint density at radius 2 is 1.77 bits per heavy atom. The number of amides is 4. The van der Waals surface area contributed by atoms with E-state index in [1.54, 1.807) is 42.5 Å². The summed E-state index contributed by atoms with van der Waals surface area (Å²) in [6.45, 7) is 5.88. The van der Waals surface area contributed by atoms with Gasteiger partial charge in [-0.15, -0.1) is 0 Å². The van der Waals surface area contributed by atoms with E-state index in [2.05, 4.69) is 5.32 Å². The number of anilines is 1.